The van der Waals surface area contributed by atoms with E-state index in [2.05, 4.69) is 0 Å². The molecule has 4 heteroatoms. The smallest absolute Gasteiger partial charge is 0.255 e. The first kappa shape index (κ1) is 15.8. The van der Waals surface area contributed by atoms with Crippen LogP contribution in [0.5, 0.6) is 5.75 Å². The average molecular weight is 296 g/mol. The van der Waals surface area contributed by atoms with Crippen molar-refractivity contribution in [1.29, 1.82) is 5.26 Å². The molecule has 0 saturated carbocycles. The lowest BCUT2D eigenvalue weighted by atomic mass is 10.1. The maximum Gasteiger partial charge on any atom is 0.255 e. The highest BCUT2D eigenvalue weighted by Crippen LogP contribution is 2.22. The predicted molar refractivity (Wildman–Crippen MR) is 86.9 cm³/mol. The minimum absolute atomic E-state index is 0.0743. The molecule has 0 fully saturated rings. The first-order valence-corrected chi connectivity index (χ1v) is 7.54. The Bertz CT molecular complexity index is 724. The predicted octanol–water partition coefficient (Wildman–Crippen LogP) is 3.39. The number of aromatic nitrogens is 1. The number of nitrogens with zero attached hydrogens (tertiary/aromatic N) is 2. The zero-order valence-corrected chi connectivity index (χ0v) is 13.0. The Morgan fingerprint density at radius 3 is 2.45 bits per heavy atom. The van der Waals surface area contributed by atoms with E-state index in [-0.39, 0.29) is 12.0 Å². The Kier molecular flexibility index (Phi) is 5.37. The van der Waals surface area contributed by atoms with E-state index in [1.807, 2.05) is 50.2 Å². The molecule has 0 saturated heterocycles. The van der Waals surface area contributed by atoms with E-state index in [0.717, 1.165) is 23.4 Å². The Morgan fingerprint density at radius 1 is 1.14 bits per heavy atom. The molecule has 0 unspecified atom stereocenters. The van der Waals surface area contributed by atoms with Gasteiger partial charge in [-0.05, 0) is 49.2 Å². The fourth-order valence-corrected chi connectivity index (χ4v) is 2.43. The topological polar surface area (TPSA) is 55.0 Å². The normalized spacial score (nSPS) is 10.2. The van der Waals surface area contributed by atoms with Crippen LogP contribution in [0.25, 0.3) is 11.3 Å². The third-order valence-electron chi connectivity index (χ3n) is 3.43. The summed E-state index contributed by atoms with van der Waals surface area (Å²) in [6.07, 6.45) is 1.01. The zero-order chi connectivity index (χ0) is 15.9. The first-order chi connectivity index (χ1) is 10.7. The van der Waals surface area contributed by atoms with Gasteiger partial charge in [-0.1, -0.05) is 13.0 Å². The molecule has 1 aromatic carbocycles. The largest absolute Gasteiger partial charge is 0.494 e. The molecule has 0 aliphatic heterocycles. The first-order valence-electron chi connectivity index (χ1n) is 7.54. The Morgan fingerprint density at radius 2 is 1.86 bits per heavy atom. The summed E-state index contributed by atoms with van der Waals surface area (Å²) in [5.41, 5.74) is 2.31. The summed E-state index contributed by atoms with van der Waals surface area (Å²) >= 11 is 0. The summed E-state index contributed by atoms with van der Waals surface area (Å²) < 4.78 is 7.20. The van der Waals surface area contributed by atoms with Crippen molar-refractivity contribution in [1.82, 2.24) is 4.57 Å². The van der Waals surface area contributed by atoms with Gasteiger partial charge < -0.3 is 9.30 Å². The van der Waals surface area contributed by atoms with E-state index < -0.39 is 0 Å². The van der Waals surface area contributed by atoms with Gasteiger partial charge in [0.2, 0.25) is 0 Å². The molecular weight excluding hydrogens is 276 g/mol. The van der Waals surface area contributed by atoms with Gasteiger partial charge in [0.25, 0.3) is 5.56 Å². The van der Waals surface area contributed by atoms with E-state index in [9.17, 15) is 4.79 Å². The van der Waals surface area contributed by atoms with Crippen LogP contribution in [-0.4, -0.2) is 11.2 Å². The Labute approximate surface area is 130 Å². The maximum atomic E-state index is 12.5. The second-order valence-electron chi connectivity index (χ2n) is 4.99. The number of nitriles is 1. The second-order valence-corrected chi connectivity index (χ2v) is 4.99. The second kappa shape index (κ2) is 7.46. The molecule has 0 aliphatic carbocycles. The van der Waals surface area contributed by atoms with Gasteiger partial charge in [0.15, 0.2) is 0 Å². The number of rotatable bonds is 6. The quantitative estimate of drug-likeness (QED) is 0.821. The number of ether oxygens (including phenoxy) is 1. The van der Waals surface area contributed by atoms with Gasteiger partial charge in [0, 0.05) is 12.1 Å². The molecule has 0 amide bonds. The van der Waals surface area contributed by atoms with Gasteiger partial charge in [-0.15, -0.1) is 0 Å². The van der Waals surface area contributed by atoms with Crippen LogP contribution in [0.1, 0.15) is 25.8 Å². The molecule has 1 aromatic heterocycles. The van der Waals surface area contributed by atoms with Crippen LogP contribution >= 0.6 is 0 Å². The summed E-state index contributed by atoms with van der Waals surface area (Å²) in [6.45, 7) is 5.25. The van der Waals surface area contributed by atoms with Crippen molar-refractivity contribution in [2.75, 3.05) is 6.61 Å². The van der Waals surface area contributed by atoms with Crippen LogP contribution in [-0.2, 0) is 13.0 Å². The molecule has 0 atom stereocenters. The Hall–Kier alpha value is -2.54. The lowest BCUT2D eigenvalue weighted by Gasteiger charge is -2.14. The minimum atomic E-state index is -0.0743. The van der Waals surface area contributed by atoms with Crippen molar-refractivity contribution in [3.05, 3.63) is 52.3 Å². The molecule has 2 aromatic rings. The standard InChI is InChI=1S/C18H20N2O2/c1-3-13-20-17(10-7-15(11-12-19)18(20)21)14-5-8-16(9-6-14)22-4-2/h5-10H,3-4,11,13H2,1-2H3. The van der Waals surface area contributed by atoms with Crippen LogP contribution in [0.3, 0.4) is 0 Å². The third-order valence-corrected chi connectivity index (χ3v) is 3.43. The van der Waals surface area contributed by atoms with Crippen molar-refractivity contribution in [2.45, 2.75) is 33.2 Å². The highest BCUT2D eigenvalue weighted by Gasteiger charge is 2.10. The molecular formula is C18H20N2O2. The number of benzene rings is 1. The van der Waals surface area contributed by atoms with Crippen LogP contribution in [0.2, 0.25) is 0 Å². The van der Waals surface area contributed by atoms with E-state index in [0.29, 0.717) is 18.7 Å². The van der Waals surface area contributed by atoms with Gasteiger partial charge in [-0.2, -0.15) is 5.26 Å². The lowest BCUT2D eigenvalue weighted by Crippen LogP contribution is -2.24. The molecule has 0 bridgehead atoms. The van der Waals surface area contributed by atoms with E-state index in [1.54, 1.807) is 10.6 Å². The van der Waals surface area contributed by atoms with Crippen LogP contribution < -0.4 is 10.3 Å². The van der Waals surface area contributed by atoms with Crippen LogP contribution in [0.15, 0.2) is 41.2 Å². The average Bonchev–Trinajstić information content (AvgIpc) is 2.53. The molecule has 1 heterocycles. The van der Waals surface area contributed by atoms with Crippen molar-refractivity contribution >= 4 is 0 Å². The van der Waals surface area contributed by atoms with Crippen LogP contribution in [0, 0.1) is 11.3 Å². The lowest BCUT2D eigenvalue weighted by molar-refractivity contribution is 0.340. The molecule has 0 spiro atoms. The summed E-state index contributed by atoms with van der Waals surface area (Å²) in [7, 11) is 0. The molecule has 2 rings (SSSR count). The zero-order valence-electron chi connectivity index (χ0n) is 13.0. The molecule has 114 valence electrons. The molecule has 0 N–H and O–H groups in total. The highest BCUT2D eigenvalue weighted by molar-refractivity contribution is 5.61. The van der Waals surface area contributed by atoms with E-state index in [4.69, 9.17) is 10.00 Å². The van der Waals surface area contributed by atoms with Gasteiger partial charge in [-0.25, -0.2) is 0 Å². The number of pyridine rings is 1. The maximum absolute atomic E-state index is 12.5. The molecule has 22 heavy (non-hydrogen) atoms. The fraction of sp³-hybridized carbons (Fsp3) is 0.333. The summed E-state index contributed by atoms with van der Waals surface area (Å²) in [5, 5.41) is 8.82. The van der Waals surface area contributed by atoms with Gasteiger partial charge >= 0.3 is 0 Å². The molecule has 0 aliphatic rings. The monoisotopic (exact) mass is 296 g/mol. The highest BCUT2D eigenvalue weighted by atomic mass is 16.5. The van der Waals surface area contributed by atoms with Gasteiger partial charge in [0.1, 0.15) is 5.75 Å². The van der Waals surface area contributed by atoms with Crippen molar-refractivity contribution in [3.8, 4) is 23.1 Å². The van der Waals surface area contributed by atoms with E-state index in [1.165, 1.54) is 0 Å². The van der Waals surface area contributed by atoms with E-state index >= 15 is 0 Å². The number of hydrogen-bond donors (Lipinski definition) is 0. The Balaban J connectivity index is 2.47. The molecule has 0 radical (unpaired) electrons. The fourth-order valence-electron chi connectivity index (χ4n) is 2.43. The van der Waals surface area contributed by atoms with Crippen molar-refractivity contribution < 1.29 is 4.74 Å². The summed E-state index contributed by atoms with van der Waals surface area (Å²) in [6, 6.07) is 13.4. The third kappa shape index (κ3) is 3.37. The SMILES string of the molecule is CCCn1c(-c2ccc(OCC)cc2)ccc(CC#N)c1=O. The summed E-state index contributed by atoms with van der Waals surface area (Å²) in [5.74, 6) is 0.816. The molecule has 4 nitrogen and oxygen atoms in total. The minimum Gasteiger partial charge on any atom is -0.494 e. The van der Waals surface area contributed by atoms with Crippen molar-refractivity contribution in [3.63, 3.8) is 0 Å². The summed E-state index contributed by atoms with van der Waals surface area (Å²) in [4.78, 5) is 12.5. The van der Waals surface area contributed by atoms with Gasteiger partial charge in [0.05, 0.1) is 24.8 Å². The number of hydrogen-bond acceptors (Lipinski definition) is 3. The van der Waals surface area contributed by atoms with Crippen molar-refractivity contribution in [2.24, 2.45) is 0 Å². The van der Waals surface area contributed by atoms with Gasteiger partial charge in [-0.3, -0.25) is 4.79 Å². The van der Waals surface area contributed by atoms with Crippen LogP contribution in [0.4, 0.5) is 0 Å².